The molecule has 1 heterocycles. The van der Waals surface area contributed by atoms with Crippen LogP contribution in [0.3, 0.4) is 0 Å². The van der Waals surface area contributed by atoms with E-state index >= 15 is 0 Å². The smallest absolute Gasteiger partial charge is 0.488 e. The van der Waals surface area contributed by atoms with Crippen molar-refractivity contribution in [2.45, 2.75) is 26.0 Å². The maximum atomic E-state index is 9.01. The minimum absolute atomic E-state index is 0.275. The molecule has 110 valence electrons. The summed E-state index contributed by atoms with van der Waals surface area (Å²) in [5.41, 5.74) is 0.466. The van der Waals surface area contributed by atoms with Crippen molar-refractivity contribution >= 4 is 12.6 Å². The van der Waals surface area contributed by atoms with Gasteiger partial charge in [-0.3, -0.25) is 4.90 Å². The summed E-state index contributed by atoms with van der Waals surface area (Å²) in [7, 11) is -1.43. The molecule has 20 heavy (non-hydrogen) atoms. The van der Waals surface area contributed by atoms with Crippen molar-refractivity contribution in [1.29, 1.82) is 0 Å². The monoisotopic (exact) mass is 279 g/mol. The number of hydrogen-bond donors (Lipinski definition) is 2. The van der Waals surface area contributed by atoms with Crippen molar-refractivity contribution in [2.24, 2.45) is 0 Å². The molecule has 0 amide bonds. The quantitative estimate of drug-likeness (QED) is 0.734. The van der Waals surface area contributed by atoms with Crippen LogP contribution in [0.15, 0.2) is 24.3 Å². The average molecular weight is 279 g/mol. The molecule has 0 aromatic heterocycles. The second-order valence-corrected chi connectivity index (χ2v) is 5.28. The van der Waals surface area contributed by atoms with Crippen molar-refractivity contribution in [2.75, 3.05) is 26.3 Å². The molecule has 0 radical (unpaired) electrons. The molecule has 1 fully saturated rings. The number of benzene rings is 1. The van der Waals surface area contributed by atoms with E-state index in [-0.39, 0.29) is 6.10 Å². The second kappa shape index (κ2) is 7.08. The van der Waals surface area contributed by atoms with Crippen LogP contribution in [0.25, 0.3) is 0 Å². The van der Waals surface area contributed by atoms with Crippen molar-refractivity contribution in [1.82, 2.24) is 4.90 Å². The third-order valence-electron chi connectivity index (χ3n) is 3.56. The Kier molecular flexibility index (Phi) is 5.42. The van der Waals surface area contributed by atoms with Gasteiger partial charge in [-0.1, -0.05) is 12.1 Å². The van der Waals surface area contributed by atoms with E-state index in [4.69, 9.17) is 19.5 Å². The Labute approximate surface area is 120 Å². The summed E-state index contributed by atoms with van der Waals surface area (Å²) in [6, 6.07) is 7.22. The van der Waals surface area contributed by atoms with Crippen molar-refractivity contribution in [3.8, 4) is 5.75 Å². The Bertz CT molecular complexity index is 412. The first-order valence-corrected chi connectivity index (χ1v) is 7.01. The average Bonchev–Trinajstić information content (AvgIpc) is 2.43. The normalized spacial score (nSPS) is 23.6. The van der Waals surface area contributed by atoms with E-state index in [1.54, 1.807) is 24.3 Å². The third kappa shape index (κ3) is 4.21. The fourth-order valence-electron chi connectivity index (χ4n) is 2.30. The Morgan fingerprint density at radius 2 is 2.00 bits per heavy atom. The first kappa shape index (κ1) is 15.3. The Morgan fingerprint density at radius 1 is 1.30 bits per heavy atom. The number of nitrogens with zero attached hydrogens (tertiary/aromatic N) is 1. The fraction of sp³-hybridized carbons (Fsp3) is 0.571. The van der Waals surface area contributed by atoms with Crippen molar-refractivity contribution in [3.05, 3.63) is 24.3 Å². The molecule has 1 aromatic carbocycles. The van der Waals surface area contributed by atoms with Crippen LogP contribution in [0.2, 0.25) is 0 Å². The molecule has 1 aromatic rings. The van der Waals surface area contributed by atoms with Gasteiger partial charge in [0.15, 0.2) is 0 Å². The molecule has 1 aliphatic heterocycles. The molecule has 0 aliphatic carbocycles. The summed E-state index contributed by atoms with van der Waals surface area (Å²) >= 11 is 0. The zero-order valence-corrected chi connectivity index (χ0v) is 12.0. The van der Waals surface area contributed by atoms with Crippen molar-refractivity contribution < 1.29 is 19.5 Å². The lowest BCUT2D eigenvalue weighted by Gasteiger charge is -2.36. The molecule has 1 saturated heterocycles. The van der Waals surface area contributed by atoms with E-state index in [0.717, 1.165) is 25.4 Å². The van der Waals surface area contributed by atoms with E-state index in [0.29, 0.717) is 18.1 Å². The van der Waals surface area contributed by atoms with Crippen LogP contribution < -0.4 is 10.2 Å². The van der Waals surface area contributed by atoms with Gasteiger partial charge in [0.1, 0.15) is 12.4 Å². The highest BCUT2D eigenvalue weighted by atomic mass is 16.5. The molecule has 2 atom stereocenters. The number of ether oxygens (including phenoxy) is 2. The maximum Gasteiger partial charge on any atom is 0.488 e. The van der Waals surface area contributed by atoms with Gasteiger partial charge < -0.3 is 19.5 Å². The Balaban J connectivity index is 1.77. The Morgan fingerprint density at radius 3 is 2.65 bits per heavy atom. The van der Waals surface area contributed by atoms with Crippen LogP contribution in [-0.2, 0) is 4.74 Å². The van der Waals surface area contributed by atoms with Gasteiger partial charge in [-0.05, 0) is 31.4 Å². The lowest BCUT2D eigenvalue weighted by molar-refractivity contribution is -0.0522. The first-order valence-electron chi connectivity index (χ1n) is 7.01. The summed E-state index contributed by atoms with van der Waals surface area (Å²) in [5, 5.41) is 18.0. The summed E-state index contributed by atoms with van der Waals surface area (Å²) in [6.07, 6.45) is 0.275. The molecule has 5 nitrogen and oxygen atoms in total. The van der Waals surface area contributed by atoms with E-state index in [1.165, 1.54) is 0 Å². The highest BCUT2D eigenvalue weighted by Gasteiger charge is 2.22. The molecule has 0 bridgehead atoms. The molecule has 2 unspecified atom stereocenters. The maximum absolute atomic E-state index is 9.01. The molecular weight excluding hydrogens is 257 g/mol. The predicted molar refractivity (Wildman–Crippen MR) is 78.2 cm³/mol. The molecule has 2 N–H and O–H groups in total. The minimum atomic E-state index is -1.43. The van der Waals surface area contributed by atoms with Crippen LogP contribution in [-0.4, -0.2) is 60.5 Å². The zero-order valence-electron chi connectivity index (χ0n) is 12.0. The SMILES string of the molecule is CC1CN(CCOc2ccc(B(O)O)cc2)C(C)CO1. The van der Waals surface area contributed by atoms with Gasteiger partial charge in [-0.25, -0.2) is 0 Å². The van der Waals surface area contributed by atoms with Gasteiger partial charge >= 0.3 is 7.12 Å². The fourth-order valence-corrected chi connectivity index (χ4v) is 2.30. The lowest BCUT2D eigenvalue weighted by atomic mass is 9.80. The van der Waals surface area contributed by atoms with E-state index in [2.05, 4.69) is 18.7 Å². The standard InChI is InChI=1S/C14H22BNO4/c1-11-10-20-12(2)9-16(11)7-8-19-14-5-3-13(4-6-14)15(17)18/h3-6,11-12,17-18H,7-10H2,1-2H3. The summed E-state index contributed by atoms with van der Waals surface area (Å²) in [6.45, 7) is 7.41. The second-order valence-electron chi connectivity index (χ2n) is 5.28. The van der Waals surface area contributed by atoms with Gasteiger partial charge in [-0.2, -0.15) is 0 Å². The third-order valence-corrected chi connectivity index (χ3v) is 3.56. The van der Waals surface area contributed by atoms with E-state index in [9.17, 15) is 0 Å². The number of morpholine rings is 1. The van der Waals surface area contributed by atoms with Gasteiger partial charge in [0.05, 0.1) is 12.7 Å². The summed E-state index contributed by atoms with van der Waals surface area (Å²) < 4.78 is 11.3. The van der Waals surface area contributed by atoms with Crippen LogP contribution in [0.4, 0.5) is 0 Å². The molecule has 0 saturated carbocycles. The largest absolute Gasteiger partial charge is 0.492 e. The highest BCUT2D eigenvalue weighted by Crippen LogP contribution is 2.12. The summed E-state index contributed by atoms with van der Waals surface area (Å²) in [5.74, 6) is 0.739. The predicted octanol–water partition coefficient (Wildman–Crippen LogP) is -0.146. The van der Waals surface area contributed by atoms with Gasteiger partial charge in [0.2, 0.25) is 0 Å². The van der Waals surface area contributed by atoms with Crippen LogP contribution in [0.1, 0.15) is 13.8 Å². The molecule has 1 aliphatic rings. The van der Waals surface area contributed by atoms with Crippen LogP contribution in [0, 0.1) is 0 Å². The van der Waals surface area contributed by atoms with E-state index in [1.807, 2.05) is 0 Å². The minimum Gasteiger partial charge on any atom is -0.492 e. The van der Waals surface area contributed by atoms with Crippen LogP contribution >= 0.6 is 0 Å². The van der Waals surface area contributed by atoms with Crippen molar-refractivity contribution in [3.63, 3.8) is 0 Å². The van der Waals surface area contributed by atoms with Gasteiger partial charge in [0, 0.05) is 19.1 Å². The Hall–Kier alpha value is -1.08. The number of hydrogen-bond acceptors (Lipinski definition) is 5. The molecule has 2 rings (SSSR count). The zero-order chi connectivity index (χ0) is 14.5. The van der Waals surface area contributed by atoms with Gasteiger partial charge in [-0.15, -0.1) is 0 Å². The first-order chi connectivity index (χ1) is 9.56. The molecular formula is C14H22BNO4. The van der Waals surface area contributed by atoms with E-state index < -0.39 is 7.12 Å². The summed E-state index contributed by atoms with van der Waals surface area (Å²) in [4.78, 5) is 2.36. The molecule has 6 heteroatoms. The lowest BCUT2D eigenvalue weighted by Crippen LogP contribution is -2.48. The van der Waals surface area contributed by atoms with Gasteiger partial charge in [0.25, 0.3) is 0 Å². The van der Waals surface area contributed by atoms with Crippen LogP contribution in [0.5, 0.6) is 5.75 Å². The molecule has 0 spiro atoms. The topological polar surface area (TPSA) is 62.2 Å². The number of rotatable bonds is 5. The highest BCUT2D eigenvalue weighted by molar-refractivity contribution is 6.58.